The van der Waals surface area contributed by atoms with Gasteiger partial charge in [0, 0.05) is 20.1 Å². The zero-order valence-corrected chi connectivity index (χ0v) is 10.4. The molecule has 2 aliphatic heterocycles. The maximum Gasteiger partial charge on any atom is 0.332 e. The van der Waals surface area contributed by atoms with E-state index in [0.717, 1.165) is 4.90 Å². The number of anilines is 1. The number of benzene rings is 1. The summed E-state index contributed by atoms with van der Waals surface area (Å²) in [6.07, 6.45) is 0.423. The van der Waals surface area contributed by atoms with Crippen LogP contribution in [0.5, 0.6) is 0 Å². The van der Waals surface area contributed by atoms with Gasteiger partial charge in [0.25, 0.3) is 5.91 Å². The van der Waals surface area contributed by atoms with E-state index in [0.29, 0.717) is 18.7 Å². The summed E-state index contributed by atoms with van der Waals surface area (Å²) in [5.74, 6) is -0.668. The number of rotatable bonds is 2. The van der Waals surface area contributed by atoms with Gasteiger partial charge in [0.05, 0.1) is 11.8 Å². The van der Waals surface area contributed by atoms with Gasteiger partial charge in [-0.25, -0.2) is 14.1 Å². The first-order valence-corrected chi connectivity index (χ1v) is 6.04. The van der Waals surface area contributed by atoms with Crippen LogP contribution in [0.1, 0.15) is 6.42 Å². The van der Waals surface area contributed by atoms with Crippen LogP contribution < -0.4 is 4.90 Å². The van der Waals surface area contributed by atoms with Crippen molar-refractivity contribution in [2.45, 2.75) is 18.6 Å². The van der Waals surface area contributed by atoms with Gasteiger partial charge < -0.3 is 9.64 Å². The second-order valence-electron chi connectivity index (χ2n) is 4.69. The van der Waals surface area contributed by atoms with Crippen molar-refractivity contribution >= 4 is 17.6 Å². The zero-order chi connectivity index (χ0) is 13.6. The molecular weight excluding hydrogens is 251 g/mol. The van der Waals surface area contributed by atoms with Gasteiger partial charge in [0.1, 0.15) is 11.9 Å². The van der Waals surface area contributed by atoms with Crippen molar-refractivity contribution in [2.75, 3.05) is 18.6 Å². The lowest BCUT2D eigenvalue weighted by molar-refractivity contribution is -0.119. The van der Waals surface area contributed by atoms with E-state index in [1.807, 2.05) is 0 Å². The number of halogens is 1. The number of urea groups is 1. The number of ether oxygens (including phenoxy) is 1. The monoisotopic (exact) mass is 264 g/mol. The molecule has 2 unspecified atom stereocenters. The Hall–Kier alpha value is -1.95. The standard InChI is InChI=1S/C13H13FN2O3/c1-19-10-6-11-12(17)16(13(18)15(11)7-10)9-4-2-8(14)3-5-9/h2-5,10-11H,6-7H2,1H3. The number of methoxy groups -OCH3 is 1. The van der Waals surface area contributed by atoms with Gasteiger partial charge in [0.2, 0.25) is 0 Å². The minimum atomic E-state index is -0.456. The number of carbonyl (C=O) groups excluding carboxylic acids is 2. The Kier molecular flexibility index (Phi) is 2.74. The molecule has 6 heteroatoms. The van der Waals surface area contributed by atoms with Crippen LogP contribution in [0.15, 0.2) is 24.3 Å². The molecule has 2 saturated heterocycles. The Morgan fingerprint density at radius 3 is 2.53 bits per heavy atom. The van der Waals surface area contributed by atoms with Gasteiger partial charge in [-0.05, 0) is 24.3 Å². The summed E-state index contributed by atoms with van der Waals surface area (Å²) in [6.45, 7) is 0.420. The van der Waals surface area contributed by atoms with Gasteiger partial charge >= 0.3 is 6.03 Å². The molecule has 0 spiro atoms. The second-order valence-corrected chi connectivity index (χ2v) is 4.69. The van der Waals surface area contributed by atoms with E-state index in [9.17, 15) is 14.0 Å². The number of nitrogens with zero attached hydrogens (tertiary/aromatic N) is 2. The Bertz CT molecular complexity index is 507. The van der Waals surface area contributed by atoms with E-state index in [4.69, 9.17) is 4.74 Å². The van der Waals surface area contributed by atoms with E-state index in [1.54, 1.807) is 7.11 Å². The van der Waals surface area contributed by atoms with Crippen molar-refractivity contribution in [3.8, 4) is 0 Å². The number of hydrogen-bond donors (Lipinski definition) is 0. The van der Waals surface area contributed by atoms with Gasteiger partial charge in [0.15, 0.2) is 0 Å². The van der Waals surface area contributed by atoms with E-state index in [2.05, 4.69) is 0 Å². The first-order valence-electron chi connectivity index (χ1n) is 6.04. The molecule has 2 fully saturated rings. The highest BCUT2D eigenvalue weighted by molar-refractivity contribution is 6.21. The van der Waals surface area contributed by atoms with Gasteiger partial charge in [-0.1, -0.05) is 0 Å². The summed E-state index contributed by atoms with van der Waals surface area (Å²) in [7, 11) is 1.57. The van der Waals surface area contributed by atoms with Gasteiger partial charge in [-0.3, -0.25) is 4.79 Å². The predicted octanol–water partition coefficient (Wildman–Crippen LogP) is 1.38. The topological polar surface area (TPSA) is 49.9 Å². The lowest BCUT2D eigenvalue weighted by Gasteiger charge is -2.17. The lowest BCUT2D eigenvalue weighted by Crippen LogP contribution is -2.35. The lowest BCUT2D eigenvalue weighted by atomic mass is 10.2. The van der Waals surface area contributed by atoms with Crippen molar-refractivity contribution in [2.24, 2.45) is 0 Å². The SMILES string of the molecule is COC1CC2C(=O)N(c3ccc(F)cc3)C(=O)N2C1. The molecule has 0 saturated carbocycles. The van der Waals surface area contributed by atoms with E-state index >= 15 is 0 Å². The molecule has 0 radical (unpaired) electrons. The number of imide groups is 1. The number of carbonyl (C=O) groups is 2. The third-order valence-electron chi connectivity index (χ3n) is 3.62. The van der Waals surface area contributed by atoms with E-state index < -0.39 is 11.9 Å². The van der Waals surface area contributed by atoms with Crippen LogP contribution in [0, 0.1) is 5.82 Å². The van der Waals surface area contributed by atoms with E-state index in [-0.39, 0.29) is 18.0 Å². The fourth-order valence-corrected chi connectivity index (χ4v) is 2.61. The number of fused-ring (bicyclic) bond motifs is 1. The third-order valence-corrected chi connectivity index (χ3v) is 3.62. The first kappa shape index (κ1) is 12.1. The molecule has 2 heterocycles. The minimum Gasteiger partial charge on any atom is -0.380 e. The van der Waals surface area contributed by atoms with Crippen LogP contribution in [0.3, 0.4) is 0 Å². The fraction of sp³-hybridized carbons (Fsp3) is 0.385. The average molecular weight is 264 g/mol. The fourth-order valence-electron chi connectivity index (χ4n) is 2.61. The molecule has 1 aromatic carbocycles. The molecule has 0 N–H and O–H groups in total. The van der Waals surface area contributed by atoms with Crippen LogP contribution in [0.4, 0.5) is 14.9 Å². The quantitative estimate of drug-likeness (QED) is 0.758. The van der Waals surface area contributed by atoms with Crippen molar-refractivity contribution in [1.29, 1.82) is 0 Å². The van der Waals surface area contributed by atoms with Crippen LogP contribution in [-0.2, 0) is 9.53 Å². The zero-order valence-electron chi connectivity index (χ0n) is 10.4. The summed E-state index contributed by atoms with van der Waals surface area (Å²) in [5, 5.41) is 0. The van der Waals surface area contributed by atoms with Gasteiger partial charge in [-0.2, -0.15) is 0 Å². The molecule has 3 amide bonds. The molecule has 2 atom stereocenters. The Labute approximate surface area is 109 Å². The van der Waals surface area contributed by atoms with E-state index in [1.165, 1.54) is 29.2 Å². The molecule has 2 aliphatic rings. The molecule has 19 heavy (non-hydrogen) atoms. The molecule has 5 nitrogen and oxygen atoms in total. The summed E-state index contributed by atoms with van der Waals surface area (Å²) in [5.41, 5.74) is 0.403. The predicted molar refractivity (Wildman–Crippen MR) is 65.2 cm³/mol. The molecule has 0 aliphatic carbocycles. The molecular formula is C13H13FN2O3. The average Bonchev–Trinajstić information content (AvgIpc) is 2.93. The Morgan fingerprint density at radius 2 is 1.95 bits per heavy atom. The molecule has 3 rings (SSSR count). The van der Waals surface area contributed by atoms with Crippen molar-refractivity contribution < 1.29 is 18.7 Å². The smallest absolute Gasteiger partial charge is 0.332 e. The maximum atomic E-state index is 12.9. The van der Waals surface area contributed by atoms with Crippen molar-refractivity contribution in [1.82, 2.24) is 4.90 Å². The van der Waals surface area contributed by atoms with Crippen LogP contribution in [-0.4, -0.2) is 42.6 Å². The van der Waals surface area contributed by atoms with Crippen LogP contribution >= 0.6 is 0 Å². The second kappa shape index (κ2) is 4.31. The molecule has 0 aromatic heterocycles. The Balaban J connectivity index is 1.88. The number of hydrogen-bond acceptors (Lipinski definition) is 3. The van der Waals surface area contributed by atoms with Crippen LogP contribution in [0.25, 0.3) is 0 Å². The maximum absolute atomic E-state index is 12.9. The third kappa shape index (κ3) is 1.79. The number of amides is 3. The largest absolute Gasteiger partial charge is 0.380 e. The summed E-state index contributed by atoms with van der Waals surface area (Å²) in [4.78, 5) is 27.1. The van der Waals surface area contributed by atoms with Crippen LogP contribution in [0.2, 0.25) is 0 Å². The highest BCUT2D eigenvalue weighted by atomic mass is 19.1. The Morgan fingerprint density at radius 1 is 1.26 bits per heavy atom. The first-order chi connectivity index (χ1) is 9.11. The summed E-state index contributed by atoms with van der Waals surface area (Å²) in [6, 6.07) is 4.51. The molecule has 100 valence electrons. The highest BCUT2D eigenvalue weighted by Crippen LogP contribution is 2.32. The van der Waals surface area contributed by atoms with Gasteiger partial charge in [-0.15, -0.1) is 0 Å². The normalized spacial score (nSPS) is 26.2. The highest BCUT2D eigenvalue weighted by Gasteiger charge is 2.51. The summed E-state index contributed by atoms with van der Waals surface area (Å²) < 4.78 is 18.1. The molecule has 1 aromatic rings. The summed E-state index contributed by atoms with van der Waals surface area (Å²) >= 11 is 0. The minimum absolute atomic E-state index is 0.0896. The van der Waals surface area contributed by atoms with Crippen molar-refractivity contribution in [3.05, 3.63) is 30.1 Å². The van der Waals surface area contributed by atoms with Crippen molar-refractivity contribution in [3.63, 3.8) is 0 Å². The molecule has 0 bridgehead atoms.